The Labute approximate surface area is 100 Å². The molecule has 1 aliphatic heterocycles. The highest BCUT2D eigenvalue weighted by molar-refractivity contribution is 7.91. The first-order valence-electron chi connectivity index (χ1n) is 5.25. The molecule has 1 atom stereocenters. The molecule has 0 amide bonds. The van der Waals surface area contributed by atoms with Crippen molar-refractivity contribution in [1.29, 1.82) is 0 Å². The van der Waals surface area contributed by atoms with Crippen LogP contribution in [-0.2, 0) is 16.4 Å². The van der Waals surface area contributed by atoms with Crippen molar-refractivity contribution in [3.05, 3.63) is 16.1 Å². The molecule has 0 saturated carbocycles. The molecule has 2 rings (SSSR count). The van der Waals surface area contributed by atoms with Gasteiger partial charge in [0.2, 0.25) is 0 Å². The van der Waals surface area contributed by atoms with E-state index in [9.17, 15) is 8.42 Å². The summed E-state index contributed by atoms with van der Waals surface area (Å²) in [7, 11) is -2.83. The number of hydrogen-bond donors (Lipinski definition) is 1. The lowest BCUT2D eigenvalue weighted by molar-refractivity contribution is 0.393. The number of nitrogens with one attached hydrogen (secondary N) is 1. The molecule has 1 unspecified atom stereocenters. The van der Waals surface area contributed by atoms with Crippen molar-refractivity contribution in [2.24, 2.45) is 0 Å². The van der Waals surface area contributed by atoms with Gasteiger partial charge in [0.25, 0.3) is 0 Å². The van der Waals surface area contributed by atoms with Gasteiger partial charge in [-0.15, -0.1) is 11.3 Å². The minimum absolute atomic E-state index is 0.239. The largest absolute Gasteiger partial charge is 0.305 e. The lowest BCUT2D eigenvalue weighted by atomic mass is 10.0. The first-order chi connectivity index (χ1) is 7.39. The summed E-state index contributed by atoms with van der Waals surface area (Å²) in [6.07, 6.45) is 0.693. The molecular weight excluding hydrogens is 244 g/mol. The van der Waals surface area contributed by atoms with Gasteiger partial charge >= 0.3 is 0 Å². The van der Waals surface area contributed by atoms with Crippen molar-refractivity contribution in [2.75, 3.05) is 11.5 Å². The summed E-state index contributed by atoms with van der Waals surface area (Å²) >= 11 is 1.62. The molecule has 1 saturated heterocycles. The number of aryl methyl sites for hydroxylation is 1. The third kappa shape index (κ3) is 2.81. The van der Waals surface area contributed by atoms with E-state index in [0.29, 0.717) is 18.7 Å². The molecule has 0 radical (unpaired) electrons. The molecule has 0 bridgehead atoms. The third-order valence-corrected chi connectivity index (χ3v) is 5.59. The van der Waals surface area contributed by atoms with Crippen molar-refractivity contribution in [2.45, 2.75) is 32.4 Å². The van der Waals surface area contributed by atoms with Crippen LogP contribution in [0.1, 0.15) is 24.0 Å². The predicted octanol–water partition coefficient (Wildman–Crippen LogP) is 1.12. The number of hydrogen-bond acceptors (Lipinski definition) is 5. The van der Waals surface area contributed by atoms with Crippen LogP contribution in [0, 0.1) is 6.92 Å². The Hall–Kier alpha value is -0.460. The van der Waals surface area contributed by atoms with Crippen LogP contribution >= 0.6 is 11.3 Å². The Morgan fingerprint density at radius 2 is 2.38 bits per heavy atom. The summed E-state index contributed by atoms with van der Waals surface area (Å²) < 4.78 is 22.8. The van der Waals surface area contributed by atoms with Crippen LogP contribution in [0.25, 0.3) is 0 Å². The van der Waals surface area contributed by atoms with E-state index in [-0.39, 0.29) is 11.3 Å². The molecule has 0 spiro atoms. The second-order valence-corrected chi connectivity index (χ2v) is 7.86. The van der Waals surface area contributed by atoms with Crippen LogP contribution in [0.15, 0.2) is 5.38 Å². The van der Waals surface area contributed by atoms with E-state index in [2.05, 4.69) is 10.3 Å². The molecule has 90 valence electrons. The number of nitrogens with zero attached hydrogens (tertiary/aromatic N) is 1. The standard InChI is InChI=1S/C10H16N2O2S2/c1-8-12-9(6-15-8)5-11-10(2)3-4-16(13,14)7-10/h6,11H,3-5,7H2,1-2H3. The number of aromatic nitrogens is 1. The molecule has 1 aromatic heterocycles. The van der Waals surface area contributed by atoms with Crippen LogP contribution in [0.5, 0.6) is 0 Å². The lowest BCUT2D eigenvalue weighted by Crippen LogP contribution is -2.42. The van der Waals surface area contributed by atoms with Gasteiger partial charge in [0.1, 0.15) is 0 Å². The fourth-order valence-electron chi connectivity index (χ4n) is 1.94. The SMILES string of the molecule is Cc1nc(CNC2(C)CCS(=O)(=O)C2)cs1. The maximum Gasteiger partial charge on any atom is 0.152 e. The molecule has 0 aromatic carbocycles. The topological polar surface area (TPSA) is 59.1 Å². The minimum Gasteiger partial charge on any atom is -0.305 e. The Kier molecular flexibility index (Phi) is 3.07. The van der Waals surface area contributed by atoms with Crippen LogP contribution in [0.3, 0.4) is 0 Å². The lowest BCUT2D eigenvalue weighted by Gasteiger charge is -2.23. The van der Waals surface area contributed by atoms with E-state index in [1.165, 1.54) is 0 Å². The summed E-state index contributed by atoms with van der Waals surface area (Å²) in [5, 5.41) is 6.36. The molecule has 1 aromatic rings. The van der Waals surface area contributed by atoms with Crippen molar-refractivity contribution in [3.8, 4) is 0 Å². The van der Waals surface area contributed by atoms with E-state index in [1.54, 1.807) is 11.3 Å². The van der Waals surface area contributed by atoms with Gasteiger partial charge in [-0.1, -0.05) is 0 Å². The van der Waals surface area contributed by atoms with Gasteiger partial charge in [-0.25, -0.2) is 13.4 Å². The summed E-state index contributed by atoms with van der Waals surface area (Å²) in [5.41, 5.74) is 0.712. The van der Waals surface area contributed by atoms with Crippen LogP contribution in [0.4, 0.5) is 0 Å². The smallest absolute Gasteiger partial charge is 0.152 e. The highest BCUT2D eigenvalue weighted by Crippen LogP contribution is 2.23. The summed E-state index contributed by atoms with van der Waals surface area (Å²) in [4.78, 5) is 4.35. The number of thiazole rings is 1. The maximum atomic E-state index is 11.4. The zero-order chi connectivity index (χ0) is 11.8. The van der Waals surface area contributed by atoms with E-state index < -0.39 is 9.84 Å². The molecular formula is C10H16N2O2S2. The van der Waals surface area contributed by atoms with Gasteiger partial charge in [0.05, 0.1) is 22.2 Å². The first kappa shape index (κ1) is 12.0. The molecule has 1 N–H and O–H groups in total. The second-order valence-electron chi connectivity index (χ2n) is 4.61. The maximum absolute atomic E-state index is 11.4. The van der Waals surface area contributed by atoms with Crippen LogP contribution < -0.4 is 5.32 Å². The fraction of sp³-hybridized carbons (Fsp3) is 0.700. The average Bonchev–Trinajstić information content (AvgIpc) is 2.69. The van der Waals surface area contributed by atoms with Crippen LogP contribution in [0.2, 0.25) is 0 Å². The average molecular weight is 260 g/mol. The third-order valence-electron chi connectivity index (χ3n) is 2.87. The number of rotatable bonds is 3. The quantitative estimate of drug-likeness (QED) is 0.884. The van der Waals surface area contributed by atoms with E-state index in [1.807, 2.05) is 19.2 Å². The van der Waals surface area contributed by atoms with Crippen molar-refractivity contribution >= 4 is 21.2 Å². The zero-order valence-electron chi connectivity index (χ0n) is 9.49. The first-order valence-corrected chi connectivity index (χ1v) is 7.95. The van der Waals surface area contributed by atoms with Crippen molar-refractivity contribution in [1.82, 2.24) is 10.3 Å². The summed E-state index contributed by atoms with van der Waals surface area (Å²) in [5.74, 6) is 0.537. The molecule has 2 heterocycles. The van der Waals surface area contributed by atoms with Crippen LogP contribution in [-0.4, -0.2) is 30.4 Å². The zero-order valence-corrected chi connectivity index (χ0v) is 11.1. The monoisotopic (exact) mass is 260 g/mol. The fourth-order valence-corrected chi connectivity index (χ4v) is 4.68. The van der Waals surface area contributed by atoms with Gasteiger partial charge in [0, 0.05) is 17.5 Å². The Balaban J connectivity index is 1.96. The van der Waals surface area contributed by atoms with E-state index in [0.717, 1.165) is 10.7 Å². The summed E-state index contributed by atoms with van der Waals surface area (Å²) in [6, 6.07) is 0. The van der Waals surface area contributed by atoms with Gasteiger partial charge in [-0.2, -0.15) is 0 Å². The Bertz CT molecular complexity index is 481. The highest BCUT2D eigenvalue weighted by atomic mass is 32.2. The van der Waals surface area contributed by atoms with Gasteiger partial charge in [0.15, 0.2) is 9.84 Å². The van der Waals surface area contributed by atoms with E-state index >= 15 is 0 Å². The highest BCUT2D eigenvalue weighted by Gasteiger charge is 2.37. The normalized spacial score (nSPS) is 28.4. The molecule has 6 heteroatoms. The molecule has 4 nitrogen and oxygen atoms in total. The second kappa shape index (κ2) is 4.09. The number of sulfone groups is 1. The molecule has 1 aliphatic rings. The minimum atomic E-state index is -2.83. The Morgan fingerprint density at radius 3 is 2.88 bits per heavy atom. The molecule has 1 fully saturated rings. The van der Waals surface area contributed by atoms with Gasteiger partial charge in [-0.05, 0) is 20.3 Å². The Morgan fingerprint density at radius 1 is 1.62 bits per heavy atom. The molecule has 0 aliphatic carbocycles. The van der Waals surface area contributed by atoms with Crippen molar-refractivity contribution < 1.29 is 8.42 Å². The van der Waals surface area contributed by atoms with Gasteiger partial charge < -0.3 is 5.32 Å². The van der Waals surface area contributed by atoms with Crippen molar-refractivity contribution in [3.63, 3.8) is 0 Å². The summed E-state index contributed by atoms with van der Waals surface area (Å²) in [6.45, 7) is 4.59. The van der Waals surface area contributed by atoms with E-state index in [4.69, 9.17) is 0 Å². The molecule has 16 heavy (non-hydrogen) atoms. The predicted molar refractivity (Wildman–Crippen MR) is 65.4 cm³/mol. The van der Waals surface area contributed by atoms with Gasteiger partial charge in [-0.3, -0.25) is 0 Å².